The third-order valence-corrected chi connectivity index (χ3v) is 2.15. The Morgan fingerprint density at radius 3 is 2.82 bits per heavy atom. The number of ether oxygens (including phenoxy) is 1. The average molecular weight is 213 g/mol. The molecule has 0 saturated heterocycles. The van der Waals surface area contributed by atoms with Gasteiger partial charge in [-0.15, -0.1) is 0 Å². The summed E-state index contributed by atoms with van der Waals surface area (Å²) in [6.07, 6.45) is 1.78. The first-order valence-electron chi connectivity index (χ1n) is 3.24. The fraction of sp³-hybridized carbons (Fsp3) is 0.111. The molecule has 0 N–H and O–H groups in total. The summed E-state index contributed by atoms with van der Waals surface area (Å²) in [4.78, 5) is 0. The van der Waals surface area contributed by atoms with Gasteiger partial charge in [-0.3, -0.25) is 0 Å². The van der Waals surface area contributed by atoms with E-state index in [2.05, 4.69) is 22.5 Å². The van der Waals surface area contributed by atoms with E-state index in [1.807, 2.05) is 18.2 Å². The first-order chi connectivity index (χ1) is 5.27. The average Bonchev–Trinajstić information content (AvgIpc) is 2.05. The van der Waals surface area contributed by atoms with Crippen molar-refractivity contribution in [1.29, 1.82) is 0 Å². The van der Waals surface area contributed by atoms with E-state index in [1.54, 1.807) is 13.2 Å². The lowest BCUT2D eigenvalue weighted by Gasteiger charge is -2.02. The Labute approximate surface area is 74.8 Å². The zero-order valence-electron chi connectivity index (χ0n) is 6.30. The van der Waals surface area contributed by atoms with Crippen molar-refractivity contribution in [3.8, 4) is 5.75 Å². The van der Waals surface area contributed by atoms with Gasteiger partial charge in [-0.25, -0.2) is 0 Å². The van der Waals surface area contributed by atoms with E-state index in [-0.39, 0.29) is 0 Å². The lowest BCUT2D eigenvalue weighted by Crippen LogP contribution is -1.83. The molecule has 1 aromatic carbocycles. The van der Waals surface area contributed by atoms with Crippen molar-refractivity contribution in [2.24, 2.45) is 0 Å². The van der Waals surface area contributed by atoms with Gasteiger partial charge in [-0.1, -0.05) is 28.6 Å². The van der Waals surface area contributed by atoms with Crippen LogP contribution in [-0.4, -0.2) is 7.11 Å². The summed E-state index contributed by atoms with van der Waals surface area (Å²) in [5.41, 5.74) is 1.05. The second kappa shape index (κ2) is 3.58. The molecule has 0 amide bonds. The lowest BCUT2D eigenvalue weighted by molar-refractivity contribution is 0.414. The topological polar surface area (TPSA) is 9.23 Å². The van der Waals surface area contributed by atoms with Gasteiger partial charge in [0.25, 0.3) is 0 Å². The molecule has 0 fully saturated rings. The summed E-state index contributed by atoms with van der Waals surface area (Å²) in [5.74, 6) is 0.850. The number of methoxy groups -OCH3 is 1. The van der Waals surface area contributed by atoms with Crippen molar-refractivity contribution < 1.29 is 4.74 Å². The number of halogens is 1. The molecule has 0 atom stereocenters. The number of benzene rings is 1. The summed E-state index contributed by atoms with van der Waals surface area (Å²) in [7, 11) is 1.65. The molecule has 0 aliphatic rings. The molecule has 0 aromatic heterocycles. The predicted octanol–water partition coefficient (Wildman–Crippen LogP) is 3.10. The molecule has 1 rings (SSSR count). The minimum atomic E-state index is 0.850. The highest BCUT2D eigenvalue weighted by Crippen LogP contribution is 2.22. The van der Waals surface area contributed by atoms with Crippen LogP contribution in [0.25, 0.3) is 6.08 Å². The summed E-state index contributed by atoms with van der Waals surface area (Å²) >= 11 is 3.39. The Hall–Kier alpha value is -0.760. The van der Waals surface area contributed by atoms with Crippen molar-refractivity contribution in [3.05, 3.63) is 34.8 Å². The fourth-order valence-corrected chi connectivity index (χ4v) is 1.21. The molecule has 0 aliphatic carbocycles. The van der Waals surface area contributed by atoms with Gasteiger partial charge in [0, 0.05) is 4.47 Å². The molecule has 58 valence electrons. The molecular formula is C9H9BrO. The standard InChI is InChI=1S/C9H9BrO/c1-3-7-6-8(11-2)4-5-9(7)10/h3-6H,1H2,2H3. The minimum Gasteiger partial charge on any atom is -0.497 e. The second-order valence-electron chi connectivity index (χ2n) is 2.09. The van der Waals surface area contributed by atoms with E-state index >= 15 is 0 Å². The summed E-state index contributed by atoms with van der Waals surface area (Å²) in [6, 6.07) is 5.77. The Balaban J connectivity index is 3.12. The summed E-state index contributed by atoms with van der Waals surface area (Å²) in [6.45, 7) is 3.68. The van der Waals surface area contributed by atoms with E-state index in [9.17, 15) is 0 Å². The van der Waals surface area contributed by atoms with E-state index in [1.165, 1.54) is 0 Å². The van der Waals surface area contributed by atoms with Crippen molar-refractivity contribution in [1.82, 2.24) is 0 Å². The second-order valence-corrected chi connectivity index (χ2v) is 2.95. The SMILES string of the molecule is C=Cc1cc(OC)ccc1Br. The molecule has 0 heterocycles. The molecule has 1 aromatic rings. The largest absolute Gasteiger partial charge is 0.497 e. The fourth-order valence-electron chi connectivity index (χ4n) is 0.805. The van der Waals surface area contributed by atoms with E-state index in [0.717, 1.165) is 15.8 Å². The highest BCUT2D eigenvalue weighted by atomic mass is 79.9. The lowest BCUT2D eigenvalue weighted by atomic mass is 10.2. The van der Waals surface area contributed by atoms with Gasteiger partial charge in [-0.2, -0.15) is 0 Å². The monoisotopic (exact) mass is 212 g/mol. The maximum absolute atomic E-state index is 5.04. The maximum atomic E-state index is 5.04. The quantitative estimate of drug-likeness (QED) is 0.733. The molecular weight excluding hydrogens is 204 g/mol. The number of hydrogen-bond donors (Lipinski definition) is 0. The van der Waals surface area contributed by atoms with Crippen LogP contribution in [0.15, 0.2) is 29.3 Å². The van der Waals surface area contributed by atoms with Crippen molar-refractivity contribution in [2.45, 2.75) is 0 Å². The van der Waals surface area contributed by atoms with Crippen LogP contribution < -0.4 is 4.74 Å². The van der Waals surface area contributed by atoms with Gasteiger partial charge in [0.1, 0.15) is 5.75 Å². The normalized spacial score (nSPS) is 9.27. The van der Waals surface area contributed by atoms with Crippen LogP contribution in [0.4, 0.5) is 0 Å². The van der Waals surface area contributed by atoms with Gasteiger partial charge >= 0.3 is 0 Å². The minimum absolute atomic E-state index is 0.850. The molecule has 1 nitrogen and oxygen atoms in total. The Morgan fingerprint density at radius 1 is 1.55 bits per heavy atom. The van der Waals surface area contributed by atoms with Crippen LogP contribution in [0.3, 0.4) is 0 Å². The van der Waals surface area contributed by atoms with Crippen molar-refractivity contribution >= 4 is 22.0 Å². The van der Waals surface area contributed by atoms with Crippen LogP contribution in [-0.2, 0) is 0 Å². The van der Waals surface area contributed by atoms with Crippen LogP contribution in [0.5, 0.6) is 5.75 Å². The Morgan fingerprint density at radius 2 is 2.27 bits per heavy atom. The Kier molecular flexibility index (Phi) is 2.71. The molecule has 0 saturated carbocycles. The number of rotatable bonds is 2. The van der Waals surface area contributed by atoms with Gasteiger partial charge in [0.2, 0.25) is 0 Å². The molecule has 0 aliphatic heterocycles. The van der Waals surface area contributed by atoms with Gasteiger partial charge in [0.15, 0.2) is 0 Å². The van der Waals surface area contributed by atoms with Gasteiger partial charge in [0.05, 0.1) is 7.11 Å². The third kappa shape index (κ3) is 1.84. The van der Waals surface area contributed by atoms with Crippen molar-refractivity contribution in [3.63, 3.8) is 0 Å². The van der Waals surface area contributed by atoms with Crippen LogP contribution >= 0.6 is 15.9 Å². The summed E-state index contributed by atoms with van der Waals surface area (Å²) < 4.78 is 6.08. The van der Waals surface area contributed by atoms with Gasteiger partial charge in [-0.05, 0) is 23.8 Å². The van der Waals surface area contributed by atoms with E-state index in [4.69, 9.17) is 4.74 Å². The summed E-state index contributed by atoms with van der Waals surface area (Å²) in [5, 5.41) is 0. The van der Waals surface area contributed by atoms with E-state index in [0.29, 0.717) is 0 Å². The Bertz CT molecular complexity index is 268. The molecule has 0 radical (unpaired) electrons. The smallest absolute Gasteiger partial charge is 0.119 e. The van der Waals surface area contributed by atoms with Crippen LogP contribution in [0.1, 0.15) is 5.56 Å². The highest BCUT2D eigenvalue weighted by Gasteiger charge is 1.96. The third-order valence-electron chi connectivity index (χ3n) is 1.42. The molecule has 11 heavy (non-hydrogen) atoms. The number of hydrogen-bond acceptors (Lipinski definition) is 1. The van der Waals surface area contributed by atoms with Crippen LogP contribution in [0.2, 0.25) is 0 Å². The van der Waals surface area contributed by atoms with E-state index < -0.39 is 0 Å². The molecule has 0 bridgehead atoms. The zero-order chi connectivity index (χ0) is 8.27. The van der Waals surface area contributed by atoms with Crippen molar-refractivity contribution in [2.75, 3.05) is 7.11 Å². The maximum Gasteiger partial charge on any atom is 0.119 e. The first kappa shape index (κ1) is 8.34. The molecule has 0 spiro atoms. The molecule has 0 unspecified atom stereocenters. The highest BCUT2D eigenvalue weighted by molar-refractivity contribution is 9.10. The van der Waals surface area contributed by atoms with Gasteiger partial charge < -0.3 is 4.74 Å². The first-order valence-corrected chi connectivity index (χ1v) is 4.03. The zero-order valence-corrected chi connectivity index (χ0v) is 7.89. The molecule has 2 heteroatoms. The van der Waals surface area contributed by atoms with Crippen LogP contribution in [0, 0.1) is 0 Å². The predicted molar refractivity (Wildman–Crippen MR) is 50.8 cm³/mol.